The van der Waals surface area contributed by atoms with Gasteiger partial charge in [-0.3, -0.25) is 4.79 Å². The van der Waals surface area contributed by atoms with Gasteiger partial charge in [-0.25, -0.2) is 0 Å². The molecule has 0 spiro atoms. The molecular weight excluding hydrogens is 406 g/mol. The highest BCUT2D eigenvalue weighted by molar-refractivity contribution is 7.99. The zero-order valence-electron chi connectivity index (χ0n) is 15.1. The van der Waals surface area contributed by atoms with Gasteiger partial charge in [0.1, 0.15) is 5.75 Å². The highest BCUT2D eigenvalue weighted by atomic mass is 32.2. The number of rotatable bonds is 7. The van der Waals surface area contributed by atoms with Crippen LogP contribution in [0.15, 0.2) is 46.0 Å². The van der Waals surface area contributed by atoms with E-state index in [1.807, 2.05) is 0 Å². The molecule has 7 nitrogen and oxygen atoms in total. The van der Waals surface area contributed by atoms with Crippen molar-refractivity contribution in [2.24, 2.45) is 0 Å². The number of alkyl halides is 2. The van der Waals surface area contributed by atoms with E-state index in [9.17, 15) is 13.6 Å². The molecule has 2 heterocycles. The lowest BCUT2D eigenvalue weighted by atomic mass is 10.1. The average Bonchev–Trinajstić information content (AvgIpc) is 3.35. The lowest BCUT2D eigenvalue weighted by molar-refractivity contribution is -0.0501. The van der Waals surface area contributed by atoms with Crippen molar-refractivity contribution in [2.75, 3.05) is 12.5 Å². The smallest absolute Gasteiger partial charge is 0.387 e. The summed E-state index contributed by atoms with van der Waals surface area (Å²) in [5.74, 6) is 0.839. The van der Waals surface area contributed by atoms with Crippen LogP contribution in [-0.2, 0) is 0 Å². The van der Waals surface area contributed by atoms with Gasteiger partial charge in [0.2, 0.25) is 12.7 Å². The third-order valence-electron chi connectivity index (χ3n) is 4.00. The SMILES string of the molecule is Cc1ccc(OC(F)F)c(C(=O)CSc2nnc(-c3ccc4c(c3)OCO4)o2)c1. The number of ketones is 1. The van der Waals surface area contributed by atoms with Gasteiger partial charge in [0.05, 0.1) is 11.3 Å². The maximum Gasteiger partial charge on any atom is 0.387 e. The summed E-state index contributed by atoms with van der Waals surface area (Å²) in [5, 5.41) is 8.05. The molecule has 1 aromatic heterocycles. The summed E-state index contributed by atoms with van der Waals surface area (Å²) in [6.07, 6.45) is 0. The number of halogens is 2. The lowest BCUT2D eigenvalue weighted by Crippen LogP contribution is -2.10. The normalized spacial score (nSPS) is 12.4. The van der Waals surface area contributed by atoms with E-state index >= 15 is 0 Å². The first-order valence-electron chi connectivity index (χ1n) is 8.44. The van der Waals surface area contributed by atoms with E-state index in [1.165, 1.54) is 12.1 Å². The summed E-state index contributed by atoms with van der Waals surface area (Å²) < 4.78 is 45.7. The highest BCUT2D eigenvalue weighted by Crippen LogP contribution is 2.36. The van der Waals surface area contributed by atoms with Crippen LogP contribution in [0.2, 0.25) is 0 Å². The Morgan fingerprint density at radius 3 is 2.83 bits per heavy atom. The summed E-state index contributed by atoms with van der Waals surface area (Å²) in [6, 6.07) is 9.66. The van der Waals surface area contributed by atoms with Crippen LogP contribution in [0.5, 0.6) is 17.2 Å². The first-order chi connectivity index (χ1) is 14.0. The zero-order chi connectivity index (χ0) is 20.4. The number of nitrogens with zero attached hydrogens (tertiary/aromatic N) is 2. The fourth-order valence-corrected chi connectivity index (χ4v) is 3.33. The molecule has 2 aromatic carbocycles. The van der Waals surface area contributed by atoms with Crippen molar-refractivity contribution in [2.45, 2.75) is 18.8 Å². The van der Waals surface area contributed by atoms with Gasteiger partial charge in [0.15, 0.2) is 17.3 Å². The van der Waals surface area contributed by atoms with Crippen LogP contribution in [-0.4, -0.2) is 35.1 Å². The van der Waals surface area contributed by atoms with Gasteiger partial charge < -0.3 is 18.6 Å². The molecule has 10 heteroatoms. The van der Waals surface area contributed by atoms with Crippen LogP contribution in [0.4, 0.5) is 8.78 Å². The van der Waals surface area contributed by atoms with Gasteiger partial charge in [0.25, 0.3) is 5.22 Å². The first-order valence-corrected chi connectivity index (χ1v) is 9.43. The van der Waals surface area contributed by atoms with E-state index in [4.69, 9.17) is 13.9 Å². The summed E-state index contributed by atoms with van der Waals surface area (Å²) in [6.45, 7) is -1.11. The minimum atomic E-state index is -3.02. The number of benzene rings is 2. The van der Waals surface area contributed by atoms with Crippen molar-refractivity contribution in [3.05, 3.63) is 47.5 Å². The molecule has 0 saturated carbocycles. The van der Waals surface area contributed by atoms with Crippen LogP contribution in [0.3, 0.4) is 0 Å². The molecule has 1 aliphatic heterocycles. The molecule has 0 radical (unpaired) electrons. The Kier molecular flexibility index (Phi) is 5.34. The van der Waals surface area contributed by atoms with E-state index < -0.39 is 12.4 Å². The molecule has 29 heavy (non-hydrogen) atoms. The van der Waals surface area contributed by atoms with E-state index in [2.05, 4.69) is 14.9 Å². The largest absolute Gasteiger partial charge is 0.454 e. The predicted molar refractivity (Wildman–Crippen MR) is 98.7 cm³/mol. The second kappa shape index (κ2) is 8.08. The van der Waals surface area contributed by atoms with E-state index in [1.54, 1.807) is 31.2 Å². The number of aryl methyl sites for hydroxylation is 1. The summed E-state index contributed by atoms with van der Waals surface area (Å²) in [5.41, 5.74) is 1.47. The standard InChI is InChI=1S/C19H14F2N2O5S/c1-10-2-4-14(27-18(20)21)12(6-10)13(24)8-29-19-23-22-17(28-19)11-3-5-15-16(7-11)26-9-25-15/h2-7,18H,8-9H2,1H3. The van der Waals surface area contributed by atoms with Gasteiger partial charge in [-0.2, -0.15) is 8.78 Å². The Balaban J connectivity index is 1.45. The molecule has 0 bridgehead atoms. The topological polar surface area (TPSA) is 83.7 Å². The molecule has 0 unspecified atom stereocenters. The Morgan fingerprint density at radius 2 is 2.00 bits per heavy atom. The van der Waals surface area contributed by atoms with Gasteiger partial charge in [-0.15, -0.1) is 10.2 Å². The Morgan fingerprint density at radius 1 is 1.17 bits per heavy atom. The Bertz CT molecular complexity index is 1060. The lowest BCUT2D eigenvalue weighted by Gasteiger charge is -2.10. The number of carbonyl (C=O) groups is 1. The van der Waals surface area contributed by atoms with Crippen molar-refractivity contribution in [3.63, 3.8) is 0 Å². The van der Waals surface area contributed by atoms with E-state index in [-0.39, 0.29) is 35.0 Å². The van der Waals surface area contributed by atoms with Gasteiger partial charge in [-0.1, -0.05) is 23.4 Å². The fourth-order valence-electron chi connectivity index (χ4n) is 2.68. The molecule has 150 valence electrons. The maximum atomic E-state index is 12.6. The van der Waals surface area contributed by atoms with Crippen LogP contribution in [0.25, 0.3) is 11.5 Å². The molecule has 1 aliphatic rings. The van der Waals surface area contributed by atoms with Gasteiger partial charge in [0, 0.05) is 5.56 Å². The van der Waals surface area contributed by atoms with Crippen molar-refractivity contribution in [1.29, 1.82) is 0 Å². The van der Waals surface area contributed by atoms with Crippen molar-refractivity contribution in [1.82, 2.24) is 10.2 Å². The van der Waals surface area contributed by atoms with Gasteiger partial charge in [-0.05, 0) is 37.3 Å². The van der Waals surface area contributed by atoms with Crippen LogP contribution < -0.4 is 14.2 Å². The molecule has 0 saturated heterocycles. The second-order valence-electron chi connectivity index (χ2n) is 6.03. The first kappa shape index (κ1) is 19.2. The summed E-state index contributed by atoms with van der Waals surface area (Å²) in [4.78, 5) is 12.5. The number of ether oxygens (including phenoxy) is 3. The highest BCUT2D eigenvalue weighted by Gasteiger charge is 2.19. The van der Waals surface area contributed by atoms with Crippen LogP contribution >= 0.6 is 11.8 Å². The number of fused-ring (bicyclic) bond motifs is 1. The fraction of sp³-hybridized carbons (Fsp3) is 0.211. The number of thioether (sulfide) groups is 1. The number of hydrogen-bond donors (Lipinski definition) is 0. The van der Waals surface area contributed by atoms with Crippen LogP contribution in [0, 0.1) is 6.92 Å². The number of aromatic nitrogens is 2. The third-order valence-corrected chi connectivity index (χ3v) is 4.82. The molecular formula is C19H14F2N2O5S. The van der Waals surface area contributed by atoms with Gasteiger partial charge >= 0.3 is 6.61 Å². The van der Waals surface area contributed by atoms with Crippen molar-refractivity contribution in [3.8, 4) is 28.7 Å². The minimum Gasteiger partial charge on any atom is -0.454 e. The molecule has 4 rings (SSSR count). The Hall–Kier alpha value is -3.14. The molecule has 0 fully saturated rings. The molecule has 0 aliphatic carbocycles. The quantitative estimate of drug-likeness (QED) is 0.412. The van der Waals surface area contributed by atoms with Crippen molar-refractivity contribution < 1.29 is 32.2 Å². The predicted octanol–water partition coefficient (Wildman–Crippen LogP) is 4.35. The number of hydrogen-bond acceptors (Lipinski definition) is 8. The Labute approximate surface area is 168 Å². The van der Waals surface area contributed by atoms with E-state index in [0.29, 0.717) is 17.1 Å². The molecule has 0 atom stereocenters. The number of Topliss-reactive ketones (excluding diaryl/α,β-unsaturated/α-hetero) is 1. The zero-order valence-corrected chi connectivity index (χ0v) is 15.9. The molecule has 3 aromatic rings. The monoisotopic (exact) mass is 420 g/mol. The number of carbonyl (C=O) groups excluding carboxylic acids is 1. The maximum absolute atomic E-state index is 12.6. The molecule has 0 amide bonds. The average molecular weight is 420 g/mol. The third kappa shape index (κ3) is 4.32. The summed E-state index contributed by atoms with van der Waals surface area (Å²) >= 11 is 1.01. The minimum absolute atomic E-state index is 0.0771. The summed E-state index contributed by atoms with van der Waals surface area (Å²) in [7, 11) is 0. The molecule has 0 N–H and O–H groups in total. The second-order valence-corrected chi connectivity index (χ2v) is 6.96. The van der Waals surface area contributed by atoms with Crippen molar-refractivity contribution >= 4 is 17.5 Å². The van der Waals surface area contributed by atoms with Crippen LogP contribution in [0.1, 0.15) is 15.9 Å². The van der Waals surface area contributed by atoms with E-state index in [0.717, 1.165) is 17.3 Å².